The second-order valence-electron chi connectivity index (χ2n) is 5.35. The second-order valence-corrected chi connectivity index (χ2v) is 5.35. The van der Waals surface area contributed by atoms with Gasteiger partial charge in [-0.1, -0.05) is 18.2 Å². The molecule has 1 aromatic carbocycles. The summed E-state index contributed by atoms with van der Waals surface area (Å²) in [6.45, 7) is 1.81. The van der Waals surface area contributed by atoms with Crippen LogP contribution < -0.4 is 5.32 Å². The summed E-state index contributed by atoms with van der Waals surface area (Å²) in [6.07, 6.45) is 3.32. The predicted molar refractivity (Wildman–Crippen MR) is 83.2 cm³/mol. The molecular formula is C16H17N5O. The summed E-state index contributed by atoms with van der Waals surface area (Å²) in [5.41, 5.74) is 1.50. The number of nitrogens with zero attached hydrogens (tertiary/aromatic N) is 4. The van der Waals surface area contributed by atoms with Crippen molar-refractivity contribution in [2.75, 3.05) is 25.0 Å². The van der Waals surface area contributed by atoms with Gasteiger partial charge in [-0.25, -0.2) is 0 Å². The minimum Gasteiger partial charge on any atom is -0.373 e. The van der Waals surface area contributed by atoms with Crippen molar-refractivity contribution in [2.45, 2.75) is 19.3 Å². The van der Waals surface area contributed by atoms with Crippen LogP contribution in [-0.2, 0) is 4.79 Å². The van der Waals surface area contributed by atoms with E-state index in [1.165, 1.54) is 6.42 Å². The van der Waals surface area contributed by atoms with E-state index in [0.717, 1.165) is 31.3 Å². The number of hydrogen-bond donors (Lipinski definition) is 1. The Hall–Kier alpha value is -2.68. The van der Waals surface area contributed by atoms with Crippen LogP contribution in [0.4, 0.5) is 5.69 Å². The van der Waals surface area contributed by atoms with Crippen molar-refractivity contribution in [1.29, 1.82) is 5.26 Å². The molecule has 0 atom stereocenters. The summed E-state index contributed by atoms with van der Waals surface area (Å²) in [5, 5.41) is 21.0. The van der Waals surface area contributed by atoms with Crippen molar-refractivity contribution in [3.05, 3.63) is 30.0 Å². The predicted octanol–water partition coefficient (Wildman–Crippen LogP) is 1.93. The molecule has 6 nitrogen and oxygen atoms in total. The van der Waals surface area contributed by atoms with E-state index in [1.54, 1.807) is 0 Å². The van der Waals surface area contributed by atoms with Crippen LogP contribution in [-0.4, -0.2) is 40.6 Å². The van der Waals surface area contributed by atoms with E-state index in [2.05, 4.69) is 15.5 Å². The molecule has 1 aromatic heterocycles. The molecule has 1 aliphatic heterocycles. The van der Waals surface area contributed by atoms with Gasteiger partial charge in [-0.15, -0.1) is 10.2 Å². The number of carbonyl (C=O) groups excluding carboxylic acids is 1. The number of likely N-dealkylation sites (tertiary alicyclic amines) is 1. The van der Waals surface area contributed by atoms with Gasteiger partial charge in [0.1, 0.15) is 6.07 Å². The number of aromatic nitrogens is 2. The highest BCUT2D eigenvalue weighted by atomic mass is 16.2. The van der Waals surface area contributed by atoms with Gasteiger partial charge in [-0.3, -0.25) is 4.79 Å². The lowest BCUT2D eigenvalue weighted by Crippen LogP contribution is -2.39. The van der Waals surface area contributed by atoms with Crippen LogP contribution in [0, 0.1) is 11.3 Å². The van der Waals surface area contributed by atoms with Crippen LogP contribution in [0.5, 0.6) is 0 Å². The van der Waals surface area contributed by atoms with Gasteiger partial charge in [-0.05, 0) is 25.3 Å². The largest absolute Gasteiger partial charge is 0.373 e. The number of piperidine rings is 1. The van der Waals surface area contributed by atoms with Gasteiger partial charge in [0.25, 0.3) is 0 Å². The Balaban J connectivity index is 1.81. The summed E-state index contributed by atoms with van der Waals surface area (Å²) in [4.78, 5) is 14.1. The van der Waals surface area contributed by atoms with Crippen LogP contribution in [0.15, 0.2) is 24.3 Å². The van der Waals surface area contributed by atoms with E-state index in [-0.39, 0.29) is 18.1 Å². The number of carbonyl (C=O) groups is 1. The molecule has 6 heteroatoms. The van der Waals surface area contributed by atoms with Crippen molar-refractivity contribution >= 4 is 22.5 Å². The fourth-order valence-electron chi connectivity index (χ4n) is 2.73. The normalized spacial score (nSPS) is 14.6. The van der Waals surface area contributed by atoms with Gasteiger partial charge in [0.05, 0.1) is 17.7 Å². The van der Waals surface area contributed by atoms with Gasteiger partial charge in [0.2, 0.25) is 5.91 Å². The molecule has 2 heterocycles. The summed E-state index contributed by atoms with van der Waals surface area (Å²) in [7, 11) is 0. The summed E-state index contributed by atoms with van der Waals surface area (Å²) in [5.74, 6) is 0.0597. The Morgan fingerprint density at radius 1 is 1.23 bits per heavy atom. The maximum Gasteiger partial charge on any atom is 0.241 e. The first-order valence-electron chi connectivity index (χ1n) is 7.47. The highest BCUT2D eigenvalue weighted by Crippen LogP contribution is 2.23. The fraction of sp³-hybridized carbons (Fsp3) is 0.375. The molecular weight excluding hydrogens is 278 g/mol. The zero-order valence-electron chi connectivity index (χ0n) is 12.2. The molecule has 0 unspecified atom stereocenters. The lowest BCUT2D eigenvalue weighted by Gasteiger charge is -2.27. The molecule has 0 aliphatic carbocycles. The topological polar surface area (TPSA) is 81.9 Å². The number of anilines is 1. The number of fused-ring (bicyclic) bond motifs is 1. The van der Waals surface area contributed by atoms with Gasteiger partial charge in [0, 0.05) is 18.5 Å². The van der Waals surface area contributed by atoms with Crippen LogP contribution in [0.2, 0.25) is 0 Å². The van der Waals surface area contributed by atoms with Crippen molar-refractivity contribution in [2.24, 2.45) is 0 Å². The molecule has 0 spiro atoms. The highest BCUT2D eigenvalue weighted by Gasteiger charge is 2.17. The molecule has 22 heavy (non-hydrogen) atoms. The van der Waals surface area contributed by atoms with Crippen LogP contribution in [0.1, 0.15) is 25.0 Å². The number of rotatable bonds is 3. The van der Waals surface area contributed by atoms with Crippen molar-refractivity contribution < 1.29 is 4.79 Å². The van der Waals surface area contributed by atoms with E-state index in [4.69, 9.17) is 0 Å². The SMILES string of the molecule is N#Cc1nnc2ccccc2c1NCC(=O)N1CCCCC1. The third kappa shape index (κ3) is 2.84. The third-order valence-electron chi connectivity index (χ3n) is 3.90. The maximum absolute atomic E-state index is 12.3. The third-order valence-corrected chi connectivity index (χ3v) is 3.90. The summed E-state index contributed by atoms with van der Waals surface area (Å²) < 4.78 is 0. The average molecular weight is 295 g/mol. The number of nitrogens with one attached hydrogen (secondary N) is 1. The second kappa shape index (κ2) is 6.39. The first-order valence-corrected chi connectivity index (χ1v) is 7.47. The number of hydrogen-bond acceptors (Lipinski definition) is 5. The Kier molecular flexibility index (Phi) is 4.15. The molecule has 1 saturated heterocycles. The molecule has 1 amide bonds. The minimum absolute atomic E-state index is 0.0597. The Bertz CT molecular complexity index is 731. The molecule has 0 saturated carbocycles. The summed E-state index contributed by atoms with van der Waals surface area (Å²) >= 11 is 0. The number of amides is 1. The summed E-state index contributed by atoms with van der Waals surface area (Å²) in [6, 6.07) is 9.48. The van der Waals surface area contributed by atoms with E-state index < -0.39 is 0 Å². The van der Waals surface area contributed by atoms with E-state index >= 15 is 0 Å². The molecule has 1 N–H and O–H groups in total. The van der Waals surface area contributed by atoms with Gasteiger partial charge >= 0.3 is 0 Å². The highest BCUT2D eigenvalue weighted by molar-refractivity contribution is 5.94. The van der Waals surface area contributed by atoms with Gasteiger partial charge < -0.3 is 10.2 Å². The number of benzene rings is 1. The monoisotopic (exact) mass is 295 g/mol. The standard InChI is InChI=1S/C16H17N5O/c17-10-14-16(12-6-2-3-7-13(12)19-20-14)18-11-15(22)21-8-4-1-5-9-21/h2-3,6-7H,1,4-5,8-9,11H2,(H,18,19). The molecule has 112 valence electrons. The first kappa shape index (κ1) is 14.3. The molecule has 0 radical (unpaired) electrons. The van der Waals surface area contributed by atoms with Crippen LogP contribution >= 0.6 is 0 Å². The molecule has 3 rings (SSSR count). The van der Waals surface area contributed by atoms with E-state index in [9.17, 15) is 10.1 Å². The zero-order chi connectivity index (χ0) is 15.4. The van der Waals surface area contributed by atoms with Crippen molar-refractivity contribution in [1.82, 2.24) is 15.1 Å². The van der Waals surface area contributed by atoms with Crippen molar-refractivity contribution in [3.63, 3.8) is 0 Å². The molecule has 1 fully saturated rings. The number of nitriles is 1. The van der Waals surface area contributed by atoms with E-state index in [0.29, 0.717) is 11.2 Å². The van der Waals surface area contributed by atoms with E-state index in [1.807, 2.05) is 35.2 Å². The smallest absolute Gasteiger partial charge is 0.241 e. The van der Waals surface area contributed by atoms with Gasteiger partial charge in [0.15, 0.2) is 5.69 Å². The quantitative estimate of drug-likeness (QED) is 0.935. The average Bonchev–Trinajstić information content (AvgIpc) is 2.60. The van der Waals surface area contributed by atoms with Gasteiger partial charge in [-0.2, -0.15) is 5.26 Å². The Morgan fingerprint density at radius 3 is 2.77 bits per heavy atom. The maximum atomic E-state index is 12.3. The molecule has 0 bridgehead atoms. The Labute approximate surface area is 128 Å². The lowest BCUT2D eigenvalue weighted by atomic mass is 10.1. The van der Waals surface area contributed by atoms with Crippen molar-refractivity contribution in [3.8, 4) is 6.07 Å². The lowest BCUT2D eigenvalue weighted by molar-refractivity contribution is -0.130. The first-order chi connectivity index (χ1) is 10.8. The zero-order valence-corrected chi connectivity index (χ0v) is 12.2. The van der Waals surface area contributed by atoms with Crippen LogP contribution in [0.25, 0.3) is 10.9 Å². The van der Waals surface area contributed by atoms with Crippen LogP contribution in [0.3, 0.4) is 0 Å². The fourth-order valence-corrected chi connectivity index (χ4v) is 2.73. The Morgan fingerprint density at radius 2 is 2.00 bits per heavy atom. The molecule has 2 aromatic rings. The molecule has 1 aliphatic rings. The minimum atomic E-state index is 0.0597.